The molecular formula is C13H19ClN2. The van der Waals surface area contributed by atoms with Gasteiger partial charge >= 0.3 is 0 Å². The molecule has 1 saturated heterocycles. The van der Waals surface area contributed by atoms with Gasteiger partial charge in [-0.25, -0.2) is 0 Å². The first kappa shape index (κ1) is 11.7. The summed E-state index contributed by atoms with van der Waals surface area (Å²) in [6.07, 6.45) is 2.37. The molecule has 2 nitrogen and oxygen atoms in total. The summed E-state index contributed by atoms with van der Waals surface area (Å²) in [7, 11) is 4.16. The van der Waals surface area contributed by atoms with E-state index >= 15 is 0 Å². The highest BCUT2D eigenvalue weighted by molar-refractivity contribution is 6.31. The predicted octanol–water partition coefficient (Wildman–Crippen LogP) is 2.87. The maximum Gasteiger partial charge on any atom is 0.0461 e. The molecule has 0 atom stereocenters. The van der Waals surface area contributed by atoms with Crippen molar-refractivity contribution in [3.8, 4) is 0 Å². The van der Waals surface area contributed by atoms with Gasteiger partial charge in [0.2, 0.25) is 0 Å². The van der Waals surface area contributed by atoms with Crippen LogP contribution in [-0.2, 0) is 0 Å². The topological polar surface area (TPSA) is 15.3 Å². The van der Waals surface area contributed by atoms with Crippen LogP contribution in [0.1, 0.15) is 24.3 Å². The molecule has 1 aliphatic rings. The molecule has 0 bridgehead atoms. The van der Waals surface area contributed by atoms with Gasteiger partial charge in [0.1, 0.15) is 0 Å². The highest BCUT2D eigenvalue weighted by Crippen LogP contribution is 2.37. The molecule has 0 amide bonds. The summed E-state index contributed by atoms with van der Waals surface area (Å²) in [5.41, 5.74) is 2.59. The first-order chi connectivity index (χ1) is 7.70. The maximum atomic E-state index is 6.36. The number of halogens is 1. The zero-order valence-electron chi connectivity index (χ0n) is 9.96. The number of nitrogens with one attached hydrogen (secondary N) is 1. The Morgan fingerprint density at radius 3 is 2.56 bits per heavy atom. The summed E-state index contributed by atoms with van der Waals surface area (Å²) < 4.78 is 0. The fraction of sp³-hybridized carbons (Fsp3) is 0.538. The minimum atomic E-state index is 0.604. The minimum Gasteiger partial charge on any atom is -0.377 e. The molecule has 3 heteroatoms. The van der Waals surface area contributed by atoms with Gasteiger partial charge in [-0.05, 0) is 49.5 Å². The standard InChI is InChI=1S/C13H19ClN2/c1-16(2)12-5-3-4-11(14)13(12)10-6-8-15-9-7-10/h3-5,10,15H,6-9H2,1-2H3. The Morgan fingerprint density at radius 2 is 1.94 bits per heavy atom. The molecule has 0 aliphatic carbocycles. The van der Waals surface area contributed by atoms with Crippen LogP contribution in [0.5, 0.6) is 0 Å². The Labute approximate surface area is 103 Å². The third-order valence-electron chi connectivity index (χ3n) is 3.26. The van der Waals surface area contributed by atoms with Crippen LogP contribution >= 0.6 is 11.6 Å². The van der Waals surface area contributed by atoms with Gasteiger partial charge in [0, 0.05) is 24.8 Å². The van der Waals surface area contributed by atoms with E-state index in [-0.39, 0.29) is 0 Å². The van der Waals surface area contributed by atoms with Gasteiger partial charge in [-0.1, -0.05) is 17.7 Å². The summed E-state index contributed by atoms with van der Waals surface area (Å²) >= 11 is 6.36. The van der Waals surface area contributed by atoms with Crippen molar-refractivity contribution in [2.75, 3.05) is 32.1 Å². The van der Waals surface area contributed by atoms with E-state index in [9.17, 15) is 0 Å². The lowest BCUT2D eigenvalue weighted by Gasteiger charge is -2.28. The molecule has 0 aromatic heterocycles. The second kappa shape index (κ2) is 5.07. The van der Waals surface area contributed by atoms with Gasteiger partial charge in [0.15, 0.2) is 0 Å². The fourth-order valence-corrected chi connectivity index (χ4v) is 2.75. The van der Waals surface area contributed by atoms with Crippen LogP contribution < -0.4 is 10.2 Å². The first-order valence-corrected chi connectivity index (χ1v) is 6.24. The van der Waals surface area contributed by atoms with Crippen LogP contribution in [0.2, 0.25) is 5.02 Å². The molecule has 0 spiro atoms. The largest absolute Gasteiger partial charge is 0.377 e. The average molecular weight is 239 g/mol. The van der Waals surface area contributed by atoms with E-state index in [0.717, 1.165) is 18.1 Å². The molecule has 1 heterocycles. The third kappa shape index (κ3) is 2.33. The van der Waals surface area contributed by atoms with Crippen molar-refractivity contribution in [1.82, 2.24) is 5.32 Å². The second-order valence-electron chi connectivity index (χ2n) is 4.59. The van der Waals surface area contributed by atoms with Crippen molar-refractivity contribution in [1.29, 1.82) is 0 Å². The first-order valence-electron chi connectivity index (χ1n) is 5.86. The lowest BCUT2D eigenvalue weighted by molar-refractivity contribution is 0.460. The number of anilines is 1. The molecule has 1 N–H and O–H groups in total. The molecule has 1 aromatic carbocycles. The van der Waals surface area contributed by atoms with Crippen LogP contribution in [-0.4, -0.2) is 27.2 Å². The Balaban J connectivity index is 2.36. The lowest BCUT2D eigenvalue weighted by atomic mass is 9.89. The summed E-state index contributed by atoms with van der Waals surface area (Å²) in [5.74, 6) is 0.604. The lowest BCUT2D eigenvalue weighted by Crippen LogP contribution is -2.27. The van der Waals surface area contributed by atoms with E-state index in [1.165, 1.54) is 24.1 Å². The van der Waals surface area contributed by atoms with Gasteiger partial charge < -0.3 is 10.2 Å². The molecule has 2 rings (SSSR count). The molecule has 0 unspecified atom stereocenters. The molecule has 1 aliphatic heterocycles. The van der Waals surface area contributed by atoms with Gasteiger partial charge in [-0.2, -0.15) is 0 Å². The number of nitrogens with zero attached hydrogens (tertiary/aromatic N) is 1. The van der Waals surface area contributed by atoms with Crippen molar-refractivity contribution in [3.63, 3.8) is 0 Å². The van der Waals surface area contributed by atoms with Gasteiger partial charge in [-0.3, -0.25) is 0 Å². The van der Waals surface area contributed by atoms with Crippen molar-refractivity contribution in [2.45, 2.75) is 18.8 Å². The van der Waals surface area contributed by atoms with Crippen molar-refractivity contribution < 1.29 is 0 Å². The van der Waals surface area contributed by atoms with Crippen molar-refractivity contribution >= 4 is 17.3 Å². The molecule has 88 valence electrons. The minimum absolute atomic E-state index is 0.604. The number of benzene rings is 1. The SMILES string of the molecule is CN(C)c1cccc(Cl)c1C1CCNCC1. The highest BCUT2D eigenvalue weighted by Gasteiger charge is 2.21. The van der Waals surface area contributed by atoms with Gasteiger partial charge in [-0.15, -0.1) is 0 Å². The van der Waals surface area contributed by atoms with Crippen LogP contribution in [0.3, 0.4) is 0 Å². The number of hydrogen-bond donors (Lipinski definition) is 1. The van der Waals surface area contributed by atoms with E-state index in [2.05, 4.69) is 30.4 Å². The molecule has 1 aromatic rings. The zero-order valence-corrected chi connectivity index (χ0v) is 10.7. The van der Waals surface area contributed by atoms with E-state index in [1.807, 2.05) is 12.1 Å². The number of rotatable bonds is 2. The van der Waals surface area contributed by atoms with Crippen molar-refractivity contribution in [3.05, 3.63) is 28.8 Å². The Bertz CT molecular complexity index is 357. The van der Waals surface area contributed by atoms with E-state index < -0.39 is 0 Å². The molecule has 0 radical (unpaired) electrons. The molecule has 16 heavy (non-hydrogen) atoms. The number of hydrogen-bond acceptors (Lipinski definition) is 2. The normalized spacial score (nSPS) is 17.4. The quantitative estimate of drug-likeness (QED) is 0.853. The van der Waals surface area contributed by atoms with Crippen LogP contribution in [0.15, 0.2) is 18.2 Å². The Morgan fingerprint density at radius 1 is 1.25 bits per heavy atom. The van der Waals surface area contributed by atoms with Crippen LogP contribution in [0.4, 0.5) is 5.69 Å². The summed E-state index contributed by atoms with van der Waals surface area (Å²) in [6.45, 7) is 2.20. The van der Waals surface area contributed by atoms with Crippen LogP contribution in [0, 0.1) is 0 Å². The summed E-state index contributed by atoms with van der Waals surface area (Å²) in [6, 6.07) is 6.19. The predicted molar refractivity (Wildman–Crippen MR) is 70.6 cm³/mol. The molecular weight excluding hydrogens is 220 g/mol. The van der Waals surface area contributed by atoms with E-state index in [0.29, 0.717) is 5.92 Å². The third-order valence-corrected chi connectivity index (χ3v) is 3.59. The van der Waals surface area contributed by atoms with Crippen LogP contribution in [0.25, 0.3) is 0 Å². The molecule has 0 saturated carbocycles. The van der Waals surface area contributed by atoms with Gasteiger partial charge in [0.25, 0.3) is 0 Å². The van der Waals surface area contributed by atoms with E-state index in [1.54, 1.807) is 0 Å². The fourth-order valence-electron chi connectivity index (χ4n) is 2.43. The number of piperidine rings is 1. The monoisotopic (exact) mass is 238 g/mol. The highest BCUT2D eigenvalue weighted by atomic mass is 35.5. The van der Waals surface area contributed by atoms with E-state index in [4.69, 9.17) is 11.6 Å². The molecule has 1 fully saturated rings. The average Bonchev–Trinajstić information content (AvgIpc) is 2.29. The Kier molecular flexibility index (Phi) is 3.72. The summed E-state index contributed by atoms with van der Waals surface area (Å²) in [4.78, 5) is 2.16. The second-order valence-corrected chi connectivity index (χ2v) is 5.00. The van der Waals surface area contributed by atoms with Gasteiger partial charge in [0.05, 0.1) is 0 Å². The smallest absolute Gasteiger partial charge is 0.0461 e. The summed E-state index contributed by atoms with van der Waals surface area (Å²) in [5, 5.41) is 4.31. The van der Waals surface area contributed by atoms with Crippen molar-refractivity contribution in [2.24, 2.45) is 0 Å². The maximum absolute atomic E-state index is 6.36. The zero-order chi connectivity index (χ0) is 11.5. The Hall–Kier alpha value is -0.730.